The molecule has 0 heterocycles. The molecule has 464 valence electrons. The van der Waals surface area contributed by atoms with Crippen molar-refractivity contribution < 1.29 is 28.6 Å². The van der Waals surface area contributed by atoms with Gasteiger partial charge in [-0.15, -0.1) is 0 Å². The molecule has 0 aromatic carbocycles. The molecule has 1 unspecified atom stereocenters. The molecule has 0 radical (unpaired) electrons. The van der Waals surface area contributed by atoms with Crippen molar-refractivity contribution in [3.05, 3.63) is 109 Å². The van der Waals surface area contributed by atoms with Gasteiger partial charge in [-0.1, -0.05) is 316 Å². The van der Waals surface area contributed by atoms with Crippen LogP contribution in [0.3, 0.4) is 0 Å². The highest BCUT2D eigenvalue weighted by Gasteiger charge is 2.19. The fraction of sp³-hybridized carbons (Fsp3) is 0.720. The Morgan fingerprint density at radius 1 is 0.259 bits per heavy atom. The Morgan fingerprint density at radius 2 is 0.481 bits per heavy atom. The third-order valence-electron chi connectivity index (χ3n) is 14.8. The van der Waals surface area contributed by atoms with E-state index < -0.39 is 6.10 Å². The van der Waals surface area contributed by atoms with E-state index in [-0.39, 0.29) is 31.1 Å². The summed E-state index contributed by atoms with van der Waals surface area (Å²) in [5.41, 5.74) is 0. The zero-order valence-electron chi connectivity index (χ0n) is 53.3. The molecule has 0 saturated heterocycles. The predicted molar refractivity (Wildman–Crippen MR) is 353 cm³/mol. The monoisotopic (exact) mass is 1120 g/mol. The standard InChI is InChI=1S/C75H128O6/c1-4-7-10-13-16-19-22-25-28-30-32-34-35-36-37-38-39-41-42-44-47-50-53-56-59-62-65-68-74(77)80-71-72(70-79-73(76)67-64-61-58-55-52-49-46-27-24-21-18-15-12-9-6-3)81-75(78)69-66-63-60-57-54-51-48-45-43-40-33-31-29-26-23-20-17-14-11-8-5-2/h7-8,10-11,16-17,19-20,25-26,28-29,32-34,40,45,48,72H,4-6,9,12-15,18,21-24,27,30-31,35-39,41-44,46-47,49-71H2,1-3H3/b10-7-,11-8-,19-16-,20-17-,28-25-,29-26-,34-32-,40-33-,48-45-. The van der Waals surface area contributed by atoms with Gasteiger partial charge in [-0.2, -0.15) is 0 Å². The number of hydrogen-bond acceptors (Lipinski definition) is 6. The van der Waals surface area contributed by atoms with E-state index in [1.165, 1.54) is 154 Å². The summed E-state index contributed by atoms with van der Waals surface area (Å²) in [7, 11) is 0. The lowest BCUT2D eigenvalue weighted by atomic mass is 10.0. The van der Waals surface area contributed by atoms with Crippen LogP contribution < -0.4 is 0 Å². The normalized spacial score (nSPS) is 12.8. The maximum atomic E-state index is 12.9. The molecule has 0 fully saturated rings. The van der Waals surface area contributed by atoms with E-state index >= 15 is 0 Å². The van der Waals surface area contributed by atoms with Crippen LogP contribution in [-0.4, -0.2) is 37.2 Å². The van der Waals surface area contributed by atoms with Crippen LogP contribution in [0.1, 0.15) is 329 Å². The first kappa shape index (κ1) is 77.1. The molecule has 0 saturated carbocycles. The second-order valence-electron chi connectivity index (χ2n) is 22.7. The smallest absolute Gasteiger partial charge is 0.306 e. The van der Waals surface area contributed by atoms with Gasteiger partial charge in [0, 0.05) is 19.3 Å². The Kier molecular flexibility index (Phi) is 65.2. The van der Waals surface area contributed by atoms with Gasteiger partial charge < -0.3 is 14.2 Å². The number of unbranched alkanes of at least 4 members (excludes halogenated alkanes) is 33. The summed E-state index contributed by atoms with van der Waals surface area (Å²) in [5, 5.41) is 0. The SMILES string of the molecule is CC/C=C\C/C=C\C/C=C\C/C=C\C/C=C\CCCCCCCC(=O)OC(COC(=O)CCCCCCCCCCCCCCCCC)COC(=O)CCCCCCCCCCCCCCCC/C=C\C/C=C\C/C=C\C/C=C\CC. The highest BCUT2D eigenvalue weighted by atomic mass is 16.6. The van der Waals surface area contributed by atoms with Crippen molar-refractivity contribution in [2.45, 2.75) is 335 Å². The van der Waals surface area contributed by atoms with Crippen LogP contribution in [0.4, 0.5) is 0 Å². The molecule has 0 N–H and O–H groups in total. The number of allylic oxidation sites excluding steroid dienone is 18. The van der Waals surface area contributed by atoms with Crippen LogP contribution in [0.15, 0.2) is 109 Å². The minimum Gasteiger partial charge on any atom is -0.462 e. The van der Waals surface area contributed by atoms with Crippen molar-refractivity contribution in [3.8, 4) is 0 Å². The Labute approximate surface area is 501 Å². The fourth-order valence-electron chi connectivity index (χ4n) is 9.70. The average molecular weight is 1130 g/mol. The summed E-state index contributed by atoms with van der Waals surface area (Å²) in [6, 6.07) is 0. The van der Waals surface area contributed by atoms with E-state index in [0.29, 0.717) is 19.3 Å². The van der Waals surface area contributed by atoms with Gasteiger partial charge in [0.1, 0.15) is 13.2 Å². The molecular formula is C75H128O6. The summed E-state index contributed by atoms with van der Waals surface area (Å²) < 4.78 is 17.0. The Bertz CT molecular complexity index is 1620. The molecule has 0 rings (SSSR count). The maximum Gasteiger partial charge on any atom is 0.306 e. The van der Waals surface area contributed by atoms with Crippen LogP contribution in [-0.2, 0) is 28.6 Å². The summed E-state index contributed by atoms with van der Waals surface area (Å²) >= 11 is 0. The van der Waals surface area contributed by atoms with Gasteiger partial charge in [0.15, 0.2) is 6.10 Å². The van der Waals surface area contributed by atoms with Crippen LogP contribution in [0, 0.1) is 0 Å². The van der Waals surface area contributed by atoms with E-state index in [0.717, 1.165) is 135 Å². The highest BCUT2D eigenvalue weighted by Crippen LogP contribution is 2.17. The largest absolute Gasteiger partial charge is 0.462 e. The molecule has 1 atom stereocenters. The van der Waals surface area contributed by atoms with Crippen molar-refractivity contribution >= 4 is 17.9 Å². The van der Waals surface area contributed by atoms with Crippen molar-refractivity contribution in [1.82, 2.24) is 0 Å². The van der Waals surface area contributed by atoms with Crippen molar-refractivity contribution in [3.63, 3.8) is 0 Å². The van der Waals surface area contributed by atoms with Crippen LogP contribution in [0.5, 0.6) is 0 Å². The minimum atomic E-state index is -0.790. The quantitative estimate of drug-likeness (QED) is 0.0261. The molecule has 0 aliphatic carbocycles. The number of carbonyl (C=O) groups excluding carboxylic acids is 3. The Morgan fingerprint density at radius 3 is 0.753 bits per heavy atom. The molecule has 0 bridgehead atoms. The van der Waals surface area contributed by atoms with E-state index in [4.69, 9.17) is 14.2 Å². The number of ether oxygens (including phenoxy) is 3. The lowest BCUT2D eigenvalue weighted by Gasteiger charge is -2.18. The van der Waals surface area contributed by atoms with Gasteiger partial charge in [0.2, 0.25) is 0 Å². The zero-order chi connectivity index (χ0) is 58.5. The van der Waals surface area contributed by atoms with Crippen LogP contribution in [0.2, 0.25) is 0 Å². The van der Waals surface area contributed by atoms with Gasteiger partial charge >= 0.3 is 17.9 Å². The molecule has 6 heteroatoms. The Hall–Kier alpha value is -3.93. The molecule has 0 amide bonds. The van der Waals surface area contributed by atoms with Crippen molar-refractivity contribution in [1.29, 1.82) is 0 Å². The minimum absolute atomic E-state index is 0.0832. The van der Waals surface area contributed by atoms with Gasteiger partial charge in [-0.25, -0.2) is 0 Å². The van der Waals surface area contributed by atoms with Gasteiger partial charge in [0.05, 0.1) is 0 Å². The maximum absolute atomic E-state index is 12.9. The number of hydrogen-bond donors (Lipinski definition) is 0. The van der Waals surface area contributed by atoms with Gasteiger partial charge in [0.25, 0.3) is 0 Å². The first-order valence-corrected chi connectivity index (χ1v) is 34.4. The third kappa shape index (κ3) is 66.8. The van der Waals surface area contributed by atoms with E-state index in [1.807, 2.05) is 0 Å². The van der Waals surface area contributed by atoms with Gasteiger partial charge in [-0.3, -0.25) is 14.4 Å². The number of carbonyl (C=O) groups is 3. The molecule has 0 aromatic rings. The molecule has 6 nitrogen and oxygen atoms in total. The predicted octanol–water partition coefficient (Wildman–Crippen LogP) is 23.8. The molecule has 0 aliphatic rings. The topological polar surface area (TPSA) is 78.9 Å². The summed E-state index contributed by atoms with van der Waals surface area (Å²) in [6.07, 6.45) is 93.9. The summed E-state index contributed by atoms with van der Waals surface area (Å²) in [4.78, 5) is 38.4. The Balaban J connectivity index is 4.34. The second-order valence-corrected chi connectivity index (χ2v) is 22.7. The first-order valence-electron chi connectivity index (χ1n) is 34.4. The first-order chi connectivity index (χ1) is 40.0. The van der Waals surface area contributed by atoms with Crippen molar-refractivity contribution in [2.75, 3.05) is 13.2 Å². The molecule has 81 heavy (non-hydrogen) atoms. The third-order valence-corrected chi connectivity index (χ3v) is 14.8. The van der Waals surface area contributed by atoms with Crippen LogP contribution >= 0.6 is 0 Å². The summed E-state index contributed by atoms with van der Waals surface area (Å²) in [5.74, 6) is -0.888. The van der Waals surface area contributed by atoms with Crippen molar-refractivity contribution in [2.24, 2.45) is 0 Å². The summed E-state index contributed by atoms with van der Waals surface area (Å²) in [6.45, 7) is 6.44. The average Bonchev–Trinajstić information content (AvgIpc) is 3.47. The highest BCUT2D eigenvalue weighted by molar-refractivity contribution is 5.71. The molecule has 0 spiro atoms. The fourth-order valence-corrected chi connectivity index (χ4v) is 9.70. The van der Waals surface area contributed by atoms with E-state index in [9.17, 15) is 14.4 Å². The number of rotatable bonds is 62. The van der Waals surface area contributed by atoms with E-state index in [2.05, 4.69) is 130 Å². The second kappa shape index (κ2) is 68.6. The molecule has 0 aromatic heterocycles. The van der Waals surface area contributed by atoms with Gasteiger partial charge in [-0.05, 0) is 103 Å². The molecular weight excluding hydrogens is 997 g/mol. The molecule has 0 aliphatic heterocycles. The number of esters is 3. The van der Waals surface area contributed by atoms with E-state index in [1.54, 1.807) is 0 Å². The lowest BCUT2D eigenvalue weighted by Crippen LogP contribution is -2.30. The lowest BCUT2D eigenvalue weighted by molar-refractivity contribution is -0.167. The van der Waals surface area contributed by atoms with Crippen LogP contribution in [0.25, 0.3) is 0 Å². The zero-order valence-corrected chi connectivity index (χ0v) is 53.3.